The lowest BCUT2D eigenvalue weighted by atomic mass is 9.50. The Morgan fingerprint density at radius 2 is 1.42 bits per heavy atom. The summed E-state index contributed by atoms with van der Waals surface area (Å²) in [6.45, 7) is -0.168. The summed E-state index contributed by atoms with van der Waals surface area (Å²) < 4.78 is 62.1. The SMILES string of the molecule is O=S(=O)([N-]CC12CC3CC(CC(C3)C1)C2)C(F)(F)F. The summed E-state index contributed by atoms with van der Waals surface area (Å²) in [4.78, 5) is 0. The van der Waals surface area contributed by atoms with E-state index in [1.807, 2.05) is 0 Å². The van der Waals surface area contributed by atoms with E-state index in [4.69, 9.17) is 0 Å². The first kappa shape index (κ1) is 13.7. The van der Waals surface area contributed by atoms with E-state index in [1.54, 1.807) is 0 Å². The van der Waals surface area contributed by atoms with Gasteiger partial charge in [0.05, 0.1) is 0 Å². The Morgan fingerprint density at radius 1 is 1.00 bits per heavy atom. The van der Waals surface area contributed by atoms with Crippen molar-refractivity contribution in [2.45, 2.75) is 44.0 Å². The Labute approximate surface area is 111 Å². The molecule has 3 nitrogen and oxygen atoms in total. The largest absolute Gasteiger partial charge is 0.541 e. The lowest BCUT2D eigenvalue weighted by molar-refractivity contribution is -0.0471. The van der Waals surface area contributed by atoms with E-state index in [2.05, 4.69) is 4.72 Å². The van der Waals surface area contributed by atoms with Crippen LogP contribution in [0.1, 0.15) is 38.5 Å². The van der Waals surface area contributed by atoms with Gasteiger partial charge in [-0.1, -0.05) is 0 Å². The first-order chi connectivity index (χ1) is 8.69. The van der Waals surface area contributed by atoms with Crippen LogP contribution < -0.4 is 0 Å². The van der Waals surface area contributed by atoms with Crippen LogP contribution in [0.2, 0.25) is 0 Å². The topological polar surface area (TPSA) is 48.2 Å². The maximum atomic E-state index is 12.3. The number of alkyl halides is 3. The van der Waals surface area contributed by atoms with Gasteiger partial charge >= 0.3 is 5.51 Å². The van der Waals surface area contributed by atoms with E-state index >= 15 is 0 Å². The second-order valence-electron chi connectivity index (χ2n) is 6.63. The number of halogens is 3. The first-order valence-corrected chi connectivity index (χ1v) is 8.13. The molecular weight excluding hydrogens is 279 g/mol. The molecule has 4 aliphatic rings. The Bertz CT molecular complexity index is 437. The van der Waals surface area contributed by atoms with Gasteiger partial charge in [-0.05, 0) is 61.7 Å². The Balaban J connectivity index is 1.71. The van der Waals surface area contributed by atoms with E-state index in [0.29, 0.717) is 17.8 Å². The molecule has 0 aliphatic heterocycles. The fourth-order valence-corrected chi connectivity index (χ4v) is 5.37. The van der Waals surface area contributed by atoms with Crippen molar-refractivity contribution in [3.05, 3.63) is 4.72 Å². The zero-order chi connectivity index (χ0) is 13.9. The first-order valence-electron chi connectivity index (χ1n) is 6.69. The average molecular weight is 296 g/mol. The average Bonchev–Trinajstić information content (AvgIpc) is 2.23. The quantitative estimate of drug-likeness (QED) is 0.801. The van der Waals surface area contributed by atoms with Gasteiger partial charge < -0.3 is 4.72 Å². The van der Waals surface area contributed by atoms with Gasteiger partial charge in [0, 0.05) is 0 Å². The molecule has 0 radical (unpaired) electrons. The molecule has 0 unspecified atom stereocenters. The number of hydrogen-bond acceptors (Lipinski definition) is 2. The Kier molecular flexibility index (Phi) is 2.95. The molecule has 4 fully saturated rings. The third-order valence-corrected chi connectivity index (χ3v) is 6.08. The summed E-state index contributed by atoms with van der Waals surface area (Å²) in [5.74, 6) is 1.74. The van der Waals surface area contributed by atoms with Gasteiger partial charge in [0.2, 0.25) is 0 Å². The van der Waals surface area contributed by atoms with Crippen LogP contribution in [-0.4, -0.2) is 20.5 Å². The van der Waals surface area contributed by atoms with Crippen LogP contribution in [0.15, 0.2) is 0 Å². The minimum Gasteiger partial charge on any atom is -0.541 e. The molecule has 110 valence electrons. The van der Waals surface area contributed by atoms with E-state index in [9.17, 15) is 21.6 Å². The van der Waals surface area contributed by atoms with E-state index in [1.165, 1.54) is 19.3 Å². The van der Waals surface area contributed by atoms with E-state index in [0.717, 1.165) is 19.3 Å². The normalized spacial score (nSPS) is 41.7. The van der Waals surface area contributed by atoms with E-state index < -0.39 is 15.5 Å². The van der Waals surface area contributed by atoms with Crippen molar-refractivity contribution in [2.24, 2.45) is 23.2 Å². The fourth-order valence-electron chi connectivity index (χ4n) is 4.78. The Hall–Kier alpha value is -0.300. The molecule has 0 heterocycles. The van der Waals surface area contributed by atoms with Crippen molar-refractivity contribution in [3.63, 3.8) is 0 Å². The molecule has 0 aromatic rings. The number of nitrogens with zero attached hydrogens (tertiary/aromatic N) is 1. The monoisotopic (exact) mass is 296 g/mol. The van der Waals surface area contributed by atoms with Crippen LogP contribution >= 0.6 is 0 Å². The summed E-state index contributed by atoms with van der Waals surface area (Å²) in [7, 11) is -5.32. The molecule has 19 heavy (non-hydrogen) atoms. The molecule has 4 bridgehead atoms. The summed E-state index contributed by atoms with van der Waals surface area (Å²) in [6, 6.07) is 0. The van der Waals surface area contributed by atoms with Crippen LogP contribution in [0.4, 0.5) is 13.2 Å². The van der Waals surface area contributed by atoms with Crippen LogP contribution in [0, 0.1) is 23.2 Å². The van der Waals surface area contributed by atoms with Crippen molar-refractivity contribution in [1.82, 2.24) is 0 Å². The third kappa shape index (κ3) is 2.39. The van der Waals surface area contributed by atoms with Crippen LogP contribution in [0.5, 0.6) is 0 Å². The van der Waals surface area contributed by atoms with Crippen LogP contribution in [0.3, 0.4) is 0 Å². The minimum atomic E-state index is -5.32. The standard InChI is InChI=1S/C12H17F3NO2S/c13-12(14,15)19(17,18)16-7-11-4-8-1-9(5-11)3-10(2-8)6-11/h8-10H,1-7H2/q-1. The van der Waals surface area contributed by atoms with Gasteiger partial charge in [-0.25, -0.2) is 8.42 Å². The highest BCUT2D eigenvalue weighted by Gasteiger charge is 2.49. The molecule has 0 aromatic carbocycles. The summed E-state index contributed by atoms with van der Waals surface area (Å²) in [5, 5.41) is 0. The summed E-state index contributed by atoms with van der Waals surface area (Å²) in [5.41, 5.74) is -5.53. The Morgan fingerprint density at radius 3 is 1.79 bits per heavy atom. The summed E-state index contributed by atoms with van der Waals surface area (Å²) in [6.07, 6.45) is 6.09. The van der Waals surface area contributed by atoms with Gasteiger partial charge in [0.25, 0.3) is 0 Å². The number of sulfonamides is 1. The molecule has 0 saturated heterocycles. The molecule has 4 rings (SSSR count). The molecule has 0 amide bonds. The zero-order valence-corrected chi connectivity index (χ0v) is 11.3. The zero-order valence-electron chi connectivity index (χ0n) is 10.5. The predicted molar refractivity (Wildman–Crippen MR) is 63.8 cm³/mol. The van der Waals surface area contributed by atoms with Crippen molar-refractivity contribution in [1.29, 1.82) is 0 Å². The van der Waals surface area contributed by atoms with Gasteiger partial charge in [0.1, 0.15) is 0 Å². The smallest absolute Gasteiger partial charge is 0.480 e. The maximum Gasteiger partial charge on any atom is 0.480 e. The molecule has 0 spiro atoms. The molecule has 4 saturated carbocycles. The second kappa shape index (κ2) is 4.10. The van der Waals surface area contributed by atoms with Crippen LogP contribution in [0.25, 0.3) is 4.72 Å². The number of rotatable bonds is 3. The maximum absolute atomic E-state index is 12.3. The predicted octanol–water partition coefficient (Wildman–Crippen LogP) is 3.43. The highest BCUT2D eigenvalue weighted by Crippen LogP contribution is 2.60. The van der Waals surface area contributed by atoms with E-state index in [-0.39, 0.29) is 12.0 Å². The molecular formula is C12H17F3NO2S-. The molecule has 0 aromatic heterocycles. The molecule has 7 heteroatoms. The second-order valence-corrected chi connectivity index (χ2v) is 8.30. The molecule has 0 N–H and O–H groups in total. The highest BCUT2D eigenvalue weighted by molar-refractivity contribution is 7.94. The van der Waals surface area contributed by atoms with Gasteiger partial charge in [-0.3, -0.25) is 0 Å². The van der Waals surface area contributed by atoms with Gasteiger partial charge in [-0.2, -0.15) is 13.2 Å². The van der Waals surface area contributed by atoms with Crippen LogP contribution in [-0.2, 0) is 10.0 Å². The van der Waals surface area contributed by atoms with Crippen molar-refractivity contribution >= 4 is 10.0 Å². The van der Waals surface area contributed by atoms with Crippen molar-refractivity contribution in [2.75, 3.05) is 6.54 Å². The van der Waals surface area contributed by atoms with Crippen molar-refractivity contribution < 1.29 is 21.6 Å². The molecule has 0 atom stereocenters. The number of hydrogen-bond donors (Lipinski definition) is 0. The highest BCUT2D eigenvalue weighted by atomic mass is 32.2. The minimum absolute atomic E-state index is 0.168. The molecule has 4 aliphatic carbocycles. The summed E-state index contributed by atoms with van der Waals surface area (Å²) >= 11 is 0. The lowest BCUT2D eigenvalue weighted by Crippen LogP contribution is -2.48. The lowest BCUT2D eigenvalue weighted by Gasteiger charge is -2.59. The van der Waals surface area contributed by atoms with Crippen molar-refractivity contribution in [3.8, 4) is 0 Å². The third-order valence-electron chi connectivity index (χ3n) is 5.03. The van der Waals surface area contributed by atoms with Gasteiger partial charge in [0.15, 0.2) is 10.0 Å². The van der Waals surface area contributed by atoms with Gasteiger partial charge in [-0.15, -0.1) is 6.54 Å². The fraction of sp³-hybridized carbons (Fsp3) is 1.00.